The molecule has 1 aliphatic rings. The van der Waals surface area contributed by atoms with Crippen LogP contribution in [0, 0.1) is 29.8 Å². The van der Waals surface area contributed by atoms with Crippen LogP contribution in [0.1, 0.15) is 34.3 Å². The number of ether oxygens (including phenoxy) is 1. The highest BCUT2D eigenvalue weighted by Crippen LogP contribution is 2.27. The summed E-state index contributed by atoms with van der Waals surface area (Å²) in [5.74, 6) is -0.409. The average molecular weight is 372 g/mol. The van der Waals surface area contributed by atoms with Gasteiger partial charge in [-0.1, -0.05) is 18.2 Å². The maximum Gasteiger partial charge on any atom is 0.270 e. The number of aryl methyl sites for hydroxylation is 2. The summed E-state index contributed by atoms with van der Waals surface area (Å²) < 4.78 is 20.1. The number of piperidine rings is 1. The lowest BCUT2D eigenvalue weighted by molar-refractivity contribution is -0.384. The number of halogens is 1. The van der Waals surface area contributed by atoms with E-state index in [1.807, 2.05) is 32.0 Å². The molecule has 0 radical (unpaired) electrons. The number of hydrogen-bond acceptors (Lipinski definition) is 4. The minimum absolute atomic E-state index is 0.0243. The molecule has 27 heavy (non-hydrogen) atoms. The number of nitro benzene ring substituents is 1. The summed E-state index contributed by atoms with van der Waals surface area (Å²) >= 11 is 0. The molecule has 1 saturated heterocycles. The van der Waals surface area contributed by atoms with Crippen LogP contribution in [-0.2, 0) is 0 Å². The number of amides is 1. The van der Waals surface area contributed by atoms with Gasteiger partial charge in [-0.2, -0.15) is 0 Å². The van der Waals surface area contributed by atoms with Gasteiger partial charge in [-0.25, -0.2) is 4.39 Å². The van der Waals surface area contributed by atoms with E-state index in [9.17, 15) is 19.3 Å². The molecule has 0 aliphatic carbocycles. The van der Waals surface area contributed by atoms with E-state index in [0.29, 0.717) is 25.9 Å². The minimum Gasteiger partial charge on any atom is -0.490 e. The number of rotatable bonds is 4. The van der Waals surface area contributed by atoms with Gasteiger partial charge in [-0.15, -0.1) is 0 Å². The van der Waals surface area contributed by atoms with E-state index >= 15 is 0 Å². The molecule has 7 heteroatoms. The van der Waals surface area contributed by atoms with Gasteiger partial charge in [0.1, 0.15) is 17.7 Å². The predicted molar refractivity (Wildman–Crippen MR) is 98.5 cm³/mol. The van der Waals surface area contributed by atoms with E-state index in [4.69, 9.17) is 4.74 Å². The van der Waals surface area contributed by atoms with Crippen LogP contribution >= 0.6 is 0 Å². The molecule has 1 amide bonds. The average Bonchev–Trinajstić information content (AvgIpc) is 2.65. The van der Waals surface area contributed by atoms with Gasteiger partial charge in [-0.05, 0) is 31.0 Å². The number of non-ortho nitro benzene ring substituents is 1. The molecule has 0 N–H and O–H groups in total. The zero-order chi connectivity index (χ0) is 19.6. The maximum atomic E-state index is 14.0. The second-order valence-corrected chi connectivity index (χ2v) is 6.75. The van der Waals surface area contributed by atoms with E-state index < -0.39 is 16.6 Å². The summed E-state index contributed by atoms with van der Waals surface area (Å²) in [6.45, 7) is 4.81. The fraction of sp³-hybridized carbons (Fsp3) is 0.350. The molecule has 142 valence electrons. The standard InChI is InChI=1S/C20H21FN2O4/c1-13-4-3-5-14(2)19(13)27-16-8-10-22(11-9-16)20(24)17-12-15(23(25)26)6-7-18(17)21/h3-7,12,16H,8-11H2,1-2H3. The third-order valence-electron chi connectivity index (χ3n) is 4.81. The number of nitro groups is 1. The van der Waals surface area contributed by atoms with E-state index in [0.717, 1.165) is 35.1 Å². The Labute approximate surface area is 156 Å². The smallest absolute Gasteiger partial charge is 0.270 e. The summed E-state index contributed by atoms with van der Waals surface area (Å²) in [7, 11) is 0. The van der Waals surface area contributed by atoms with Crippen molar-refractivity contribution in [3.05, 3.63) is 69.0 Å². The molecule has 2 aromatic rings. The normalized spacial score (nSPS) is 14.9. The van der Waals surface area contributed by atoms with Gasteiger partial charge in [0.2, 0.25) is 0 Å². The molecule has 0 unspecified atom stereocenters. The first-order valence-corrected chi connectivity index (χ1v) is 8.83. The van der Waals surface area contributed by atoms with E-state index in [2.05, 4.69) is 0 Å². The topological polar surface area (TPSA) is 72.7 Å². The summed E-state index contributed by atoms with van der Waals surface area (Å²) in [6, 6.07) is 8.97. The lowest BCUT2D eigenvalue weighted by Crippen LogP contribution is -2.42. The Morgan fingerprint density at radius 1 is 1.19 bits per heavy atom. The molecule has 0 saturated carbocycles. The van der Waals surface area contributed by atoms with Crippen LogP contribution < -0.4 is 4.74 Å². The molecule has 0 aromatic heterocycles. The van der Waals surface area contributed by atoms with Crippen LogP contribution in [0.4, 0.5) is 10.1 Å². The number of para-hydroxylation sites is 1. The zero-order valence-electron chi connectivity index (χ0n) is 15.3. The van der Waals surface area contributed by atoms with Crippen LogP contribution in [0.2, 0.25) is 0 Å². The zero-order valence-corrected chi connectivity index (χ0v) is 15.3. The van der Waals surface area contributed by atoms with Crippen molar-refractivity contribution >= 4 is 11.6 Å². The maximum absolute atomic E-state index is 14.0. The first-order chi connectivity index (χ1) is 12.9. The Morgan fingerprint density at radius 3 is 2.41 bits per heavy atom. The number of nitrogens with zero attached hydrogens (tertiary/aromatic N) is 2. The predicted octanol–water partition coefficient (Wildman–Crippen LogP) is 4.03. The van der Waals surface area contributed by atoms with Gasteiger partial charge in [-0.3, -0.25) is 14.9 Å². The fourth-order valence-corrected chi connectivity index (χ4v) is 3.29. The Morgan fingerprint density at radius 2 is 1.81 bits per heavy atom. The van der Waals surface area contributed by atoms with E-state index in [1.165, 1.54) is 4.90 Å². The Balaban J connectivity index is 1.66. The molecule has 0 bridgehead atoms. The molecule has 1 aliphatic heterocycles. The molecule has 0 atom stereocenters. The number of hydrogen-bond donors (Lipinski definition) is 0. The van der Waals surface area contributed by atoms with Gasteiger partial charge in [0, 0.05) is 38.1 Å². The Kier molecular flexibility index (Phi) is 5.39. The molecule has 3 rings (SSSR count). The molecule has 2 aromatic carbocycles. The summed E-state index contributed by atoms with van der Waals surface area (Å²) in [5.41, 5.74) is 1.56. The highest BCUT2D eigenvalue weighted by molar-refractivity contribution is 5.95. The second-order valence-electron chi connectivity index (χ2n) is 6.75. The van der Waals surface area contributed by atoms with Crippen molar-refractivity contribution in [2.45, 2.75) is 32.8 Å². The molecule has 1 heterocycles. The number of benzene rings is 2. The van der Waals surface area contributed by atoms with Crippen LogP contribution in [-0.4, -0.2) is 34.9 Å². The monoisotopic (exact) mass is 372 g/mol. The first-order valence-electron chi connectivity index (χ1n) is 8.83. The van der Waals surface area contributed by atoms with E-state index in [1.54, 1.807) is 0 Å². The van der Waals surface area contributed by atoms with Gasteiger partial charge >= 0.3 is 0 Å². The SMILES string of the molecule is Cc1cccc(C)c1OC1CCN(C(=O)c2cc([N+](=O)[O-])ccc2F)CC1. The third kappa shape index (κ3) is 4.07. The number of carbonyl (C=O) groups excluding carboxylic acids is 1. The third-order valence-corrected chi connectivity index (χ3v) is 4.81. The van der Waals surface area contributed by atoms with Crippen molar-refractivity contribution in [1.29, 1.82) is 0 Å². The molecule has 1 fully saturated rings. The van der Waals surface area contributed by atoms with E-state index in [-0.39, 0.29) is 17.4 Å². The summed E-state index contributed by atoms with van der Waals surface area (Å²) in [5, 5.41) is 10.9. The highest BCUT2D eigenvalue weighted by atomic mass is 19.1. The lowest BCUT2D eigenvalue weighted by Gasteiger charge is -2.33. The van der Waals surface area contributed by atoms with Crippen molar-refractivity contribution in [3.63, 3.8) is 0 Å². The second kappa shape index (κ2) is 7.73. The van der Waals surface area contributed by atoms with Crippen LogP contribution in [0.15, 0.2) is 36.4 Å². The minimum atomic E-state index is -0.750. The fourth-order valence-electron chi connectivity index (χ4n) is 3.29. The van der Waals surface area contributed by atoms with Gasteiger partial charge in [0.05, 0.1) is 10.5 Å². The van der Waals surface area contributed by atoms with Crippen molar-refractivity contribution in [1.82, 2.24) is 4.90 Å². The molecule has 0 spiro atoms. The van der Waals surface area contributed by atoms with Crippen LogP contribution in [0.25, 0.3) is 0 Å². The molecular weight excluding hydrogens is 351 g/mol. The number of likely N-dealkylation sites (tertiary alicyclic amines) is 1. The van der Waals surface area contributed by atoms with Crippen molar-refractivity contribution in [3.8, 4) is 5.75 Å². The number of carbonyl (C=O) groups is 1. The Bertz CT molecular complexity index is 856. The first kappa shape index (κ1) is 18.8. The molecule has 6 nitrogen and oxygen atoms in total. The van der Waals surface area contributed by atoms with Crippen molar-refractivity contribution < 1.29 is 18.8 Å². The van der Waals surface area contributed by atoms with Gasteiger partial charge in [0.15, 0.2) is 0 Å². The largest absolute Gasteiger partial charge is 0.490 e. The highest BCUT2D eigenvalue weighted by Gasteiger charge is 2.27. The quantitative estimate of drug-likeness (QED) is 0.600. The van der Waals surface area contributed by atoms with Crippen LogP contribution in [0.5, 0.6) is 5.75 Å². The summed E-state index contributed by atoms with van der Waals surface area (Å²) in [6.07, 6.45) is 1.22. The van der Waals surface area contributed by atoms with Crippen molar-refractivity contribution in [2.75, 3.05) is 13.1 Å². The van der Waals surface area contributed by atoms with Gasteiger partial charge < -0.3 is 9.64 Å². The summed E-state index contributed by atoms with van der Waals surface area (Å²) in [4.78, 5) is 24.4. The lowest BCUT2D eigenvalue weighted by atomic mass is 10.0. The van der Waals surface area contributed by atoms with Gasteiger partial charge in [0.25, 0.3) is 11.6 Å². The van der Waals surface area contributed by atoms with Crippen molar-refractivity contribution in [2.24, 2.45) is 0 Å². The molecular formula is C20H21FN2O4. The van der Waals surface area contributed by atoms with Crippen LogP contribution in [0.3, 0.4) is 0 Å². The Hall–Kier alpha value is -2.96.